The third-order valence-electron chi connectivity index (χ3n) is 1.78. The Morgan fingerprint density at radius 3 is 2.07 bits per heavy atom. The average molecular weight is 219 g/mol. The highest BCUT2D eigenvalue weighted by Crippen LogP contribution is 2.16. The van der Waals surface area contributed by atoms with Crippen LogP contribution in [0.25, 0.3) is 0 Å². The molecule has 0 rings (SSSR count). The Bertz CT molecular complexity index is 179. The maximum Gasteiger partial charge on any atom is 0.226 e. The van der Waals surface area contributed by atoms with Crippen LogP contribution in [0.4, 0.5) is 0 Å². The zero-order chi connectivity index (χ0) is 12.1. The molecule has 0 amide bonds. The van der Waals surface area contributed by atoms with Gasteiger partial charge in [0.1, 0.15) is 0 Å². The molecule has 0 aliphatic carbocycles. The van der Waals surface area contributed by atoms with Crippen molar-refractivity contribution in [3.05, 3.63) is 0 Å². The summed E-state index contributed by atoms with van der Waals surface area (Å²) < 4.78 is 16.3. The monoisotopic (exact) mass is 219 g/mol. The quantitative estimate of drug-likeness (QED) is 0.694. The molecule has 0 aliphatic heterocycles. The highest BCUT2D eigenvalue weighted by molar-refractivity contribution is 4.75. The van der Waals surface area contributed by atoms with Crippen molar-refractivity contribution >= 4 is 0 Å². The van der Waals surface area contributed by atoms with Crippen molar-refractivity contribution in [3.63, 3.8) is 0 Å². The lowest BCUT2D eigenvalue weighted by atomic mass is 10.1. The molecule has 0 saturated heterocycles. The summed E-state index contributed by atoms with van der Waals surface area (Å²) in [7, 11) is 1.61. The van der Waals surface area contributed by atoms with Crippen LogP contribution in [0.5, 0.6) is 0 Å². The highest BCUT2D eigenvalue weighted by atomic mass is 16.8. The normalized spacial score (nSPS) is 18.6. The first-order valence-electron chi connectivity index (χ1n) is 5.36. The molecular formula is C11H25NO3. The van der Waals surface area contributed by atoms with Crippen LogP contribution in [0.3, 0.4) is 0 Å². The standard InChI is InChI=1S/C11H25NO3/c1-8-14-9(2)15-11(6,13-7)12-10(3,4)5/h9,12H,8H2,1-7H3. The van der Waals surface area contributed by atoms with Gasteiger partial charge in [0.15, 0.2) is 6.29 Å². The van der Waals surface area contributed by atoms with Crippen molar-refractivity contribution in [2.45, 2.75) is 59.3 Å². The molecule has 2 atom stereocenters. The maximum atomic E-state index is 5.65. The first-order chi connectivity index (χ1) is 6.72. The molecule has 0 bridgehead atoms. The summed E-state index contributed by atoms with van der Waals surface area (Å²) in [5.74, 6) is -0.827. The summed E-state index contributed by atoms with van der Waals surface area (Å²) in [6, 6.07) is 0. The average Bonchev–Trinajstić information content (AvgIpc) is 2.00. The van der Waals surface area contributed by atoms with Gasteiger partial charge in [-0.3, -0.25) is 5.32 Å². The first kappa shape index (κ1) is 14.8. The van der Waals surface area contributed by atoms with Crippen molar-refractivity contribution < 1.29 is 14.2 Å². The molecule has 0 radical (unpaired) electrons. The summed E-state index contributed by atoms with van der Waals surface area (Å²) in [5, 5.41) is 3.25. The second-order valence-electron chi connectivity index (χ2n) is 4.67. The van der Waals surface area contributed by atoms with Gasteiger partial charge in [0.2, 0.25) is 5.91 Å². The molecular weight excluding hydrogens is 194 g/mol. The van der Waals surface area contributed by atoms with E-state index in [-0.39, 0.29) is 11.8 Å². The summed E-state index contributed by atoms with van der Waals surface area (Å²) in [6.07, 6.45) is -0.296. The van der Waals surface area contributed by atoms with Crippen LogP contribution in [0, 0.1) is 0 Å². The molecule has 0 spiro atoms. The molecule has 2 unspecified atom stereocenters. The van der Waals surface area contributed by atoms with E-state index in [4.69, 9.17) is 14.2 Å². The van der Waals surface area contributed by atoms with Crippen LogP contribution in [0.2, 0.25) is 0 Å². The van der Waals surface area contributed by atoms with Gasteiger partial charge in [0, 0.05) is 26.2 Å². The molecule has 15 heavy (non-hydrogen) atoms. The van der Waals surface area contributed by atoms with E-state index < -0.39 is 5.91 Å². The number of hydrogen-bond acceptors (Lipinski definition) is 4. The minimum atomic E-state index is -0.827. The molecule has 0 saturated carbocycles. The van der Waals surface area contributed by atoms with Gasteiger partial charge in [0.25, 0.3) is 0 Å². The third kappa shape index (κ3) is 6.84. The fourth-order valence-electron chi connectivity index (χ4n) is 1.40. The zero-order valence-corrected chi connectivity index (χ0v) is 11.0. The number of rotatable bonds is 6. The molecule has 0 aromatic heterocycles. The van der Waals surface area contributed by atoms with Crippen molar-refractivity contribution in [1.29, 1.82) is 0 Å². The molecule has 4 heteroatoms. The van der Waals surface area contributed by atoms with E-state index in [9.17, 15) is 0 Å². The minimum Gasteiger partial charge on any atom is -0.353 e. The van der Waals surface area contributed by atoms with E-state index in [1.165, 1.54) is 0 Å². The topological polar surface area (TPSA) is 39.7 Å². The summed E-state index contributed by atoms with van der Waals surface area (Å²) in [6.45, 7) is 12.4. The predicted octanol–water partition coefficient (Wildman–Crippen LogP) is 2.09. The van der Waals surface area contributed by atoms with Gasteiger partial charge < -0.3 is 14.2 Å². The molecule has 92 valence electrons. The van der Waals surface area contributed by atoms with Gasteiger partial charge in [-0.2, -0.15) is 0 Å². The van der Waals surface area contributed by atoms with Gasteiger partial charge in [-0.15, -0.1) is 0 Å². The Hall–Kier alpha value is -0.160. The minimum absolute atomic E-state index is 0.0866. The van der Waals surface area contributed by atoms with Gasteiger partial charge in [-0.1, -0.05) is 0 Å². The Morgan fingerprint density at radius 2 is 1.73 bits per heavy atom. The summed E-state index contributed by atoms with van der Waals surface area (Å²) >= 11 is 0. The Balaban J connectivity index is 4.30. The molecule has 0 fully saturated rings. The van der Waals surface area contributed by atoms with Crippen LogP contribution < -0.4 is 5.32 Å². The van der Waals surface area contributed by atoms with E-state index >= 15 is 0 Å². The lowest BCUT2D eigenvalue weighted by Gasteiger charge is -2.37. The SMILES string of the molecule is CCOC(C)OC(C)(NC(C)(C)C)OC. The smallest absolute Gasteiger partial charge is 0.226 e. The van der Waals surface area contributed by atoms with E-state index in [1.54, 1.807) is 7.11 Å². The van der Waals surface area contributed by atoms with Crippen molar-refractivity contribution in [1.82, 2.24) is 5.32 Å². The Labute approximate surface area is 93.3 Å². The van der Waals surface area contributed by atoms with Crippen LogP contribution in [-0.2, 0) is 14.2 Å². The van der Waals surface area contributed by atoms with Crippen LogP contribution in [0.1, 0.15) is 41.5 Å². The molecule has 0 aromatic rings. The Morgan fingerprint density at radius 1 is 1.20 bits per heavy atom. The summed E-state index contributed by atoms with van der Waals surface area (Å²) in [4.78, 5) is 0. The first-order valence-corrected chi connectivity index (χ1v) is 5.36. The summed E-state index contributed by atoms with van der Waals surface area (Å²) in [5.41, 5.74) is -0.0866. The molecule has 0 aliphatic rings. The van der Waals surface area contributed by atoms with Gasteiger partial charge in [-0.05, 0) is 34.6 Å². The van der Waals surface area contributed by atoms with E-state index in [0.717, 1.165) is 0 Å². The fourth-order valence-corrected chi connectivity index (χ4v) is 1.40. The van der Waals surface area contributed by atoms with Crippen LogP contribution in [-0.4, -0.2) is 31.5 Å². The lowest BCUT2D eigenvalue weighted by molar-refractivity contribution is -0.306. The molecule has 4 nitrogen and oxygen atoms in total. The van der Waals surface area contributed by atoms with Crippen molar-refractivity contribution in [3.8, 4) is 0 Å². The molecule has 0 heterocycles. The van der Waals surface area contributed by atoms with Crippen molar-refractivity contribution in [2.75, 3.05) is 13.7 Å². The second-order valence-corrected chi connectivity index (χ2v) is 4.67. The predicted molar refractivity (Wildman–Crippen MR) is 60.5 cm³/mol. The number of ether oxygens (including phenoxy) is 3. The van der Waals surface area contributed by atoms with Gasteiger partial charge in [-0.25, -0.2) is 0 Å². The van der Waals surface area contributed by atoms with Crippen LogP contribution in [0.15, 0.2) is 0 Å². The molecule has 1 N–H and O–H groups in total. The fraction of sp³-hybridized carbons (Fsp3) is 1.00. The van der Waals surface area contributed by atoms with E-state index in [1.807, 2.05) is 20.8 Å². The number of nitrogens with one attached hydrogen (secondary N) is 1. The van der Waals surface area contributed by atoms with Gasteiger partial charge in [0.05, 0.1) is 0 Å². The third-order valence-corrected chi connectivity index (χ3v) is 1.78. The van der Waals surface area contributed by atoms with Crippen LogP contribution >= 0.6 is 0 Å². The molecule has 0 aromatic carbocycles. The zero-order valence-electron chi connectivity index (χ0n) is 11.0. The van der Waals surface area contributed by atoms with E-state index in [0.29, 0.717) is 6.61 Å². The van der Waals surface area contributed by atoms with Gasteiger partial charge >= 0.3 is 0 Å². The maximum absolute atomic E-state index is 5.65. The second kappa shape index (κ2) is 5.80. The number of methoxy groups -OCH3 is 1. The lowest BCUT2D eigenvalue weighted by Crippen LogP contribution is -2.56. The largest absolute Gasteiger partial charge is 0.353 e. The van der Waals surface area contributed by atoms with E-state index in [2.05, 4.69) is 26.1 Å². The Kier molecular flexibility index (Phi) is 5.73. The van der Waals surface area contributed by atoms with Crippen molar-refractivity contribution in [2.24, 2.45) is 0 Å². The highest BCUT2D eigenvalue weighted by Gasteiger charge is 2.31. The number of hydrogen-bond donors (Lipinski definition) is 1.